The highest BCUT2D eigenvalue weighted by atomic mass is 16.3. The molecule has 0 spiro atoms. The number of nitrogens with one attached hydrogen (secondary N) is 1. The molecule has 0 atom stereocenters. The zero-order valence-corrected chi connectivity index (χ0v) is 9.34. The van der Waals surface area contributed by atoms with Crippen molar-refractivity contribution in [2.24, 2.45) is 0 Å². The van der Waals surface area contributed by atoms with Gasteiger partial charge in [0.25, 0.3) is 0 Å². The van der Waals surface area contributed by atoms with Crippen molar-refractivity contribution in [1.29, 1.82) is 0 Å². The summed E-state index contributed by atoms with van der Waals surface area (Å²) in [6.45, 7) is 0.688. The predicted molar refractivity (Wildman–Crippen MR) is 62.4 cm³/mol. The summed E-state index contributed by atoms with van der Waals surface area (Å²) in [6, 6.07) is 5.68. The lowest BCUT2D eigenvalue weighted by Crippen LogP contribution is -2.17. The molecule has 2 heterocycles. The van der Waals surface area contributed by atoms with Gasteiger partial charge in [-0.05, 0) is 18.2 Å². The maximum Gasteiger partial charge on any atom is 0.224 e. The number of furan rings is 1. The van der Waals surface area contributed by atoms with Gasteiger partial charge >= 0.3 is 0 Å². The van der Waals surface area contributed by atoms with Crippen molar-refractivity contribution < 1.29 is 4.42 Å². The molecular weight excluding hydrogens is 204 g/mol. The third-order valence-corrected chi connectivity index (χ3v) is 2.23. The summed E-state index contributed by atoms with van der Waals surface area (Å²) < 4.78 is 5.28. The van der Waals surface area contributed by atoms with Crippen molar-refractivity contribution in [2.45, 2.75) is 6.54 Å². The fourth-order valence-corrected chi connectivity index (χ4v) is 1.40. The van der Waals surface area contributed by atoms with Gasteiger partial charge in [0, 0.05) is 20.3 Å². The van der Waals surface area contributed by atoms with Crippen LogP contribution in [0.4, 0.5) is 11.8 Å². The first kappa shape index (κ1) is 10.5. The molecule has 5 heteroatoms. The molecule has 0 aliphatic rings. The van der Waals surface area contributed by atoms with Gasteiger partial charge in [-0.25, -0.2) is 4.98 Å². The topological polar surface area (TPSA) is 54.2 Å². The Balaban J connectivity index is 2.11. The highest BCUT2D eigenvalue weighted by Crippen LogP contribution is 2.13. The summed E-state index contributed by atoms with van der Waals surface area (Å²) in [6.07, 6.45) is 3.40. The molecule has 1 N–H and O–H groups in total. The van der Waals surface area contributed by atoms with Crippen LogP contribution in [-0.4, -0.2) is 24.1 Å². The zero-order chi connectivity index (χ0) is 11.4. The normalized spacial score (nSPS) is 10.1. The first-order valence-electron chi connectivity index (χ1n) is 5.04. The Kier molecular flexibility index (Phi) is 3.05. The minimum Gasteiger partial charge on any atom is -0.467 e. The molecule has 0 aliphatic carbocycles. The molecule has 0 radical (unpaired) electrons. The number of aromatic nitrogens is 2. The van der Waals surface area contributed by atoms with Gasteiger partial charge in [0.15, 0.2) is 0 Å². The fraction of sp³-hybridized carbons (Fsp3) is 0.273. The molecule has 0 saturated carbocycles. The maximum atomic E-state index is 5.28. The van der Waals surface area contributed by atoms with E-state index in [1.54, 1.807) is 19.5 Å². The van der Waals surface area contributed by atoms with Crippen LogP contribution in [0.1, 0.15) is 5.76 Å². The van der Waals surface area contributed by atoms with Crippen LogP contribution in [0.2, 0.25) is 0 Å². The molecule has 16 heavy (non-hydrogen) atoms. The largest absolute Gasteiger partial charge is 0.467 e. The van der Waals surface area contributed by atoms with Crippen molar-refractivity contribution >= 4 is 11.8 Å². The van der Waals surface area contributed by atoms with Gasteiger partial charge in [0.2, 0.25) is 5.95 Å². The van der Waals surface area contributed by atoms with E-state index in [0.29, 0.717) is 12.5 Å². The van der Waals surface area contributed by atoms with Gasteiger partial charge in [-0.1, -0.05) is 0 Å². The highest BCUT2D eigenvalue weighted by molar-refractivity contribution is 5.41. The Bertz CT molecular complexity index is 441. The third-order valence-electron chi connectivity index (χ3n) is 2.23. The second-order valence-electron chi connectivity index (χ2n) is 3.42. The van der Waals surface area contributed by atoms with E-state index < -0.39 is 0 Å². The second kappa shape index (κ2) is 4.65. The average molecular weight is 218 g/mol. The first-order valence-corrected chi connectivity index (χ1v) is 5.04. The Morgan fingerprint density at radius 2 is 2.31 bits per heavy atom. The molecule has 0 aliphatic heterocycles. The quantitative estimate of drug-likeness (QED) is 0.847. The van der Waals surface area contributed by atoms with E-state index >= 15 is 0 Å². The fourth-order valence-electron chi connectivity index (χ4n) is 1.40. The van der Waals surface area contributed by atoms with E-state index in [1.165, 1.54) is 0 Å². The van der Waals surface area contributed by atoms with Crippen LogP contribution in [-0.2, 0) is 6.54 Å². The van der Waals surface area contributed by atoms with Crippen LogP contribution in [0, 0.1) is 0 Å². The van der Waals surface area contributed by atoms with E-state index in [-0.39, 0.29) is 0 Å². The summed E-state index contributed by atoms with van der Waals surface area (Å²) in [5.41, 5.74) is 0. The average Bonchev–Trinajstić information content (AvgIpc) is 2.82. The lowest BCUT2D eigenvalue weighted by atomic mass is 10.4. The molecule has 2 aromatic rings. The molecule has 0 unspecified atom stereocenters. The summed E-state index contributed by atoms with van der Waals surface area (Å²) in [4.78, 5) is 10.4. The summed E-state index contributed by atoms with van der Waals surface area (Å²) in [5, 5.41) is 2.91. The Hall–Kier alpha value is -2.04. The second-order valence-corrected chi connectivity index (χ2v) is 3.42. The van der Waals surface area contributed by atoms with E-state index in [0.717, 1.165) is 11.6 Å². The predicted octanol–water partition coefficient (Wildman–Crippen LogP) is 1.75. The standard InChI is InChI=1S/C11H14N4O/c1-12-11-13-6-5-10(14-11)15(2)8-9-4-3-7-16-9/h3-7H,8H2,1-2H3,(H,12,13,14). The van der Waals surface area contributed by atoms with Crippen molar-refractivity contribution in [2.75, 3.05) is 24.3 Å². The Morgan fingerprint density at radius 1 is 1.44 bits per heavy atom. The molecule has 2 rings (SSSR count). The Labute approximate surface area is 94.1 Å². The number of hydrogen-bond donors (Lipinski definition) is 1. The molecule has 0 bridgehead atoms. The van der Waals surface area contributed by atoms with E-state index in [1.807, 2.05) is 30.1 Å². The summed E-state index contributed by atoms with van der Waals surface area (Å²) >= 11 is 0. The minimum atomic E-state index is 0.615. The van der Waals surface area contributed by atoms with Crippen LogP contribution in [0.3, 0.4) is 0 Å². The van der Waals surface area contributed by atoms with Gasteiger partial charge in [0.05, 0.1) is 12.8 Å². The molecule has 0 amide bonds. The van der Waals surface area contributed by atoms with Crippen molar-refractivity contribution in [3.63, 3.8) is 0 Å². The number of nitrogens with zero attached hydrogens (tertiary/aromatic N) is 3. The van der Waals surface area contributed by atoms with E-state index in [2.05, 4.69) is 15.3 Å². The van der Waals surface area contributed by atoms with Gasteiger partial charge in [-0.3, -0.25) is 0 Å². The monoisotopic (exact) mass is 218 g/mol. The number of anilines is 2. The number of rotatable bonds is 4. The van der Waals surface area contributed by atoms with Crippen molar-refractivity contribution in [1.82, 2.24) is 9.97 Å². The lowest BCUT2D eigenvalue weighted by molar-refractivity contribution is 0.507. The molecular formula is C11H14N4O. The van der Waals surface area contributed by atoms with Gasteiger partial charge in [-0.2, -0.15) is 4.98 Å². The first-order chi connectivity index (χ1) is 7.79. The van der Waals surface area contributed by atoms with Crippen LogP contribution < -0.4 is 10.2 Å². The van der Waals surface area contributed by atoms with Crippen LogP contribution >= 0.6 is 0 Å². The molecule has 84 valence electrons. The number of hydrogen-bond acceptors (Lipinski definition) is 5. The van der Waals surface area contributed by atoms with Crippen LogP contribution in [0.5, 0.6) is 0 Å². The molecule has 0 fully saturated rings. The van der Waals surface area contributed by atoms with Crippen LogP contribution in [0.25, 0.3) is 0 Å². The smallest absolute Gasteiger partial charge is 0.224 e. The van der Waals surface area contributed by atoms with E-state index in [9.17, 15) is 0 Å². The molecule has 0 saturated heterocycles. The highest BCUT2D eigenvalue weighted by Gasteiger charge is 2.06. The van der Waals surface area contributed by atoms with Crippen LogP contribution in [0.15, 0.2) is 35.1 Å². The van der Waals surface area contributed by atoms with Gasteiger partial charge in [0.1, 0.15) is 11.6 Å². The third kappa shape index (κ3) is 2.31. The van der Waals surface area contributed by atoms with Gasteiger partial charge < -0.3 is 14.6 Å². The lowest BCUT2D eigenvalue weighted by Gasteiger charge is -2.16. The Morgan fingerprint density at radius 3 is 3.00 bits per heavy atom. The molecule has 5 nitrogen and oxygen atoms in total. The van der Waals surface area contributed by atoms with Crippen molar-refractivity contribution in [3.8, 4) is 0 Å². The maximum absolute atomic E-state index is 5.28. The molecule has 2 aromatic heterocycles. The minimum absolute atomic E-state index is 0.615. The SMILES string of the molecule is CNc1nccc(N(C)Cc2ccco2)n1. The summed E-state index contributed by atoms with van der Waals surface area (Å²) in [7, 11) is 3.76. The molecule has 0 aromatic carbocycles. The zero-order valence-electron chi connectivity index (χ0n) is 9.34. The van der Waals surface area contributed by atoms with Gasteiger partial charge in [-0.15, -0.1) is 0 Å². The van der Waals surface area contributed by atoms with Crippen molar-refractivity contribution in [3.05, 3.63) is 36.4 Å². The summed E-state index contributed by atoms with van der Waals surface area (Å²) in [5.74, 6) is 2.38. The van der Waals surface area contributed by atoms with E-state index in [4.69, 9.17) is 4.42 Å².